The smallest absolute Gasteiger partial charge is 0.269 e. The van der Waals surface area contributed by atoms with Gasteiger partial charge in [0, 0.05) is 23.9 Å². The molecule has 0 saturated heterocycles. The summed E-state index contributed by atoms with van der Waals surface area (Å²) < 4.78 is 5.93. The highest BCUT2D eigenvalue weighted by Crippen LogP contribution is 2.31. The minimum atomic E-state index is -0.414. The molecule has 6 heteroatoms. The minimum absolute atomic E-state index is 0.0719. The summed E-state index contributed by atoms with van der Waals surface area (Å²) in [5.41, 5.74) is 6.36. The van der Waals surface area contributed by atoms with Gasteiger partial charge in [0.15, 0.2) is 5.58 Å². The van der Waals surface area contributed by atoms with Crippen LogP contribution in [-0.4, -0.2) is 16.1 Å². The molecule has 1 heterocycles. The molecule has 1 aromatic heterocycles. The number of aryl methyl sites for hydroxylation is 1. The average Bonchev–Trinajstić information content (AvgIpc) is 3.15. The molecule has 0 N–H and O–H groups in total. The first-order valence-electron chi connectivity index (χ1n) is 9.43. The van der Waals surface area contributed by atoms with E-state index in [1.165, 1.54) is 12.1 Å². The Morgan fingerprint density at radius 3 is 2.63 bits per heavy atom. The van der Waals surface area contributed by atoms with Crippen LogP contribution in [0.4, 0.5) is 11.4 Å². The first kappa shape index (κ1) is 19.3. The van der Waals surface area contributed by atoms with Crippen molar-refractivity contribution in [1.29, 1.82) is 0 Å². The number of nitrogens with zero attached hydrogens (tertiary/aromatic N) is 3. The molecule has 0 spiro atoms. The molecule has 4 aromatic rings. The molecule has 0 aliphatic heterocycles. The van der Waals surface area contributed by atoms with Gasteiger partial charge < -0.3 is 4.42 Å². The fourth-order valence-electron chi connectivity index (χ4n) is 3.13. The third kappa shape index (κ3) is 4.03. The topological polar surface area (TPSA) is 81.5 Å². The second-order valence-electron chi connectivity index (χ2n) is 6.93. The van der Waals surface area contributed by atoms with E-state index in [-0.39, 0.29) is 5.69 Å². The molecular weight excluding hydrogens is 378 g/mol. The molecule has 30 heavy (non-hydrogen) atoms. The monoisotopic (exact) mass is 397 g/mol. The van der Waals surface area contributed by atoms with Gasteiger partial charge in [0.2, 0.25) is 5.89 Å². The molecule has 0 aliphatic carbocycles. The molecule has 3 aromatic carbocycles. The number of aromatic nitrogens is 1. The van der Waals surface area contributed by atoms with Gasteiger partial charge in [-0.25, -0.2) is 4.98 Å². The van der Waals surface area contributed by atoms with Crippen molar-refractivity contribution in [3.8, 4) is 11.5 Å². The van der Waals surface area contributed by atoms with E-state index in [1.807, 2.05) is 56.3 Å². The van der Waals surface area contributed by atoms with Gasteiger partial charge >= 0.3 is 0 Å². The average molecular weight is 397 g/mol. The summed E-state index contributed by atoms with van der Waals surface area (Å²) in [5, 5.41) is 10.7. The van der Waals surface area contributed by atoms with E-state index < -0.39 is 4.92 Å². The van der Waals surface area contributed by atoms with Crippen LogP contribution in [0.25, 0.3) is 28.6 Å². The van der Waals surface area contributed by atoms with E-state index in [1.54, 1.807) is 24.4 Å². The number of oxazole rings is 1. The quantitative estimate of drug-likeness (QED) is 0.220. The van der Waals surface area contributed by atoms with Crippen LogP contribution in [0.5, 0.6) is 0 Å². The van der Waals surface area contributed by atoms with Crippen molar-refractivity contribution in [3.63, 3.8) is 0 Å². The van der Waals surface area contributed by atoms with Crippen LogP contribution in [0.3, 0.4) is 0 Å². The van der Waals surface area contributed by atoms with Crippen LogP contribution in [-0.2, 0) is 0 Å². The molecule has 4 rings (SSSR count). The van der Waals surface area contributed by atoms with E-state index in [2.05, 4.69) is 9.98 Å². The summed E-state index contributed by atoms with van der Waals surface area (Å²) >= 11 is 0. The number of hydrogen-bond acceptors (Lipinski definition) is 5. The molecule has 0 saturated carbocycles. The van der Waals surface area contributed by atoms with Crippen LogP contribution >= 0.6 is 0 Å². The largest absolute Gasteiger partial charge is 0.436 e. The Kier molecular flexibility index (Phi) is 5.22. The van der Waals surface area contributed by atoms with Crippen LogP contribution in [0.1, 0.15) is 16.7 Å². The lowest BCUT2D eigenvalue weighted by atomic mass is 10.1. The molecule has 0 aliphatic rings. The summed E-state index contributed by atoms with van der Waals surface area (Å²) in [6.07, 6.45) is 5.34. The number of aliphatic imine (C=N–C) groups is 1. The third-order valence-electron chi connectivity index (χ3n) is 4.77. The summed E-state index contributed by atoms with van der Waals surface area (Å²) in [4.78, 5) is 19.5. The lowest BCUT2D eigenvalue weighted by Crippen LogP contribution is -1.86. The highest BCUT2D eigenvalue weighted by Gasteiger charge is 2.12. The van der Waals surface area contributed by atoms with Crippen molar-refractivity contribution in [1.82, 2.24) is 4.98 Å². The van der Waals surface area contributed by atoms with Gasteiger partial charge in [-0.05, 0) is 73.0 Å². The van der Waals surface area contributed by atoms with Gasteiger partial charge in [-0.3, -0.25) is 15.1 Å². The summed E-state index contributed by atoms with van der Waals surface area (Å²) in [6.45, 7) is 4.01. The second-order valence-corrected chi connectivity index (χ2v) is 6.93. The molecule has 0 fully saturated rings. The number of allylic oxidation sites excluding steroid dienone is 1. The molecule has 0 unspecified atom stereocenters. The zero-order valence-corrected chi connectivity index (χ0v) is 16.6. The Balaban J connectivity index is 1.55. The Morgan fingerprint density at radius 1 is 1.07 bits per heavy atom. The van der Waals surface area contributed by atoms with Crippen LogP contribution in [0, 0.1) is 24.0 Å². The van der Waals surface area contributed by atoms with Crippen molar-refractivity contribution in [2.75, 3.05) is 0 Å². The van der Waals surface area contributed by atoms with Gasteiger partial charge in [0.05, 0.1) is 10.6 Å². The Labute approximate surface area is 173 Å². The maximum Gasteiger partial charge on any atom is 0.269 e. The first-order valence-corrected chi connectivity index (χ1v) is 9.43. The first-order chi connectivity index (χ1) is 14.5. The highest BCUT2D eigenvalue weighted by atomic mass is 16.6. The molecule has 148 valence electrons. The summed E-state index contributed by atoms with van der Waals surface area (Å²) in [6, 6.07) is 18.1. The van der Waals surface area contributed by atoms with Gasteiger partial charge in [-0.15, -0.1) is 0 Å². The van der Waals surface area contributed by atoms with Gasteiger partial charge in [0.1, 0.15) is 5.52 Å². The SMILES string of the molecule is Cc1ccc2oc(-c3cccc(N=C/C=C/c4ccc([N+](=O)[O-])cc4)c3C)nc2c1. The van der Waals surface area contributed by atoms with Crippen molar-refractivity contribution in [3.05, 3.63) is 93.5 Å². The lowest BCUT2D eigenvalue weighted by molar-refractivity contribution is -0.384. The zero-order valence-electron chi connectivity index (χ0n) is 16.6. The number of hydrogen-bond donors (Lipinski definition) is 0. The number of nitro groups is 1. The third-order valence-corrected chi connectivity index (χ3v) is 4.77. The normalized spacial score (nSPS) is 11.7. The maximum absolute atomic E-state index is 10.7. The van der Waals surface area contributed by atoms with Crippen LogP contribution in [0.15, 0.2) is 76.1 Å². The number of rotatable bonds is 5. The van der Waals surface area contributed by atoms with Gasteiger partial charge in [-0.1, -0.05) is 18.2 Å². The lowest BCUT2D eigenvalue weighted by Gasteiger charge is -2.04. The van der Waals surface area contributed by atoms with E-state index in [0.29, 0.717) is 5.89 Å². The molecular formula is C24H19N3O3. The Morgan fingerprint density at radius 2 is 1.87 bits per heavy atom. The molecule has 0 amide bonds. The molecule has 0 radical (unpaired) electrons. The number of nitro benzene ring substituents is 1. The fourth-order valence-corrected chi connectivity index (χ4v) is 3.13. The predicted molar refractivity (Wildman–Crippen MR) is 119 cm³/mol. The highest BCUT2D eigenvalue weighted by molar-refractivity contribution is 5.83. The predicted octanol–water partition coefficient (Wildman–Crippen LogP) is 6.44. The van der Waals surface area contributed by atoms with Crippen LogP contribution < -0.4 is 0 Å². The van der Waals surface area contributed by atoms with Crippen molar-refractivity contribution < 1.29 is 9.34 Å². The maximum atomic E-state index is 10.7. The summed E-state index contributed by atoms with van der Waals surface area (Å²) in [7, 11) is 0. The number of fused-ring (bicyclic) bond motifs is 1. The second kappa shape index (κ2) is 8.13. The summed E-state index contributed by atoms with van der Waals surface area (Å²) in [5.74, 6) is 0.576. The zero-order chi connectivity index (χ0) is 21.1. The number of benzene rings is 3. The Hall–Kier alpha value is -4.06. The van der Waals surface area contributed by atoms with E-state index in [4.69, 9.17) is 4.42 Å². The standard InChI is InChI=1S/C24H19N3O3/c1-16-8-13-23-22(15-16)26-24(30-23)20-6-3-7-21(17(20)2)25-14-4-5-18-9-11-19(12-10-18)27(28)29/h3-15H,1-2H3/b5-4+,25-14?. The van der Waals surface area contributed by atoms with Crippen molar-refractivity contribution in [2.45, 2.75) is 13.8 Å². The van der Waals surface area contributed by atoms with Crippen molar-refractivity contribution in [2.24, 2.45) is 4.99 Å². The van der Waals surface area contributed by atoms with Crippen molar-refractivity contribution >= 4 is 34.8 Å². The van der Waals surface area contributed by atoms with E-state index in [9.17, 15) is 10.1 Å². The van der Waals surface area contributed by atoms with Crippen LogP contribution in [0.2, 0.25) is 0 Å². The fraction of sp³-hybridized carbons (Fsp3) is 0.0833. The van der Waals surface area contributed by atoms with E-state index >= 15 is 0 Å². The van der Waals surface area contributed by atoms with Gasteiger partial charge in [-0.2, -0.15) is 0 Å². The molecule has 0 atom stereocenters. The molecule has 0 bridgehead atoms. The number of non-ortho nitro benzene ring substituents is 1. The van der Waals surface area contributed by atoms with Gasteiger partial charge in [0.25, 0.3) is 5.69 Å². The molecule has 6 nitrogen and oxygen atoms in total. The minimum Gasteiger partial charge on any atom is -0.436 e. The Bertz CT molecular complexity index is 1290. The van der Waals surface area contributed by atoms with E-state index in [0.717, 1.165) is 39.0 Å².